The summed E-state index contributed by atoms with van der Waals surface area (Å²) in [4.78, 5) is 38.7. The van der Waals surface area contributed by atoms with E-state index in [1.807, 2.05) is 12.1 Å². The van der Waals surface area contributed by atoms with E-state index in [4.69, 9.17) is 14.2 Å². The van der Waals surface area contributed by atoms with E-state index in [2.05, 4.69) is 5.32 Å². The highest BCUT2D eigenvalue weighted by atomic mass is 32.2. The zero-order chi connectivity index (χ0) is 20.8. The first-order chi connectivity index (χ1) is 14.0. The lowest BCUT2D eigenvalue weighted by Crippen LogP contribution is -2.40. The van der Waals surface area contributed by atoms with Gasteiger partial charge in [0, 0.05) is 16.6 Å². The van der Waals surface area contributed by atoms with Crippen molar-refractivity contribution in [2.24, 2.45) is 0 Å². The molecule has 1 aliphatic rings. The van der Waals surface area contributed by atoms with Gasteiger partial charge in [-0.05, 0) is 24.3 Å². The summed E-state index contributed by atoms with van der Waals surface area (Å²) in [6.07, 6.45) is 0. The molecule has 0 unspecified atom stereocenters. The lowest BCUT2D eigenvalue weighted by atomic mass is 10.2. The van der Waals surface area contributed by atoms with E-state index < -0.39 is 18.5 Å². The number of methoxy groups -OCH3 is 2. The van der Waals surface area contributed by atoms with E-state index in [0.717, 1.165) is 4.90 Å². The highest BCUT2D eigenvalue weighted by Gasteiger charge is 2.26. The van der Waals surface area contributed by atoms with Crippen LogP contribution in [0.3, 0.4) is 0 Å². The second kappa shape index (κ2) is 9.33. The van der Waals surface area contributed by atoms with Gasteiger partial charge in [-0.3, -0.25) is 19.3 Å². The minimum absolute atomic E-state index is 0.180. The van der Waals surface area contributed by atoms with Crippen molar-refractivity contribution in [2.45, 2.75) is 4.90 Å². The topological polar surface area (TPSA) is 94.2 Å². The van der Waals surface area contributed by atoms with Gasteiger partial charge < -0.3 is 19.5 Å². The number of hydrogen-bond donors (Lipinski definition) is 1. The van der Waals surface area contributed by atoms with E-state index in [1.165, 1.54) is 30.9 Å². The smallest absolute Gasteiger partial charge is 0.326 e. The number of anilines is 2. The van der Waals surface area contributed by atoms with Crippen molar-refractivity contribution < 1.29 is 28.6 Å². The maximum absolute atomic E-state index is 12.2. The SMILES string of the molecule is COc1ccc(NC(=O)COC(=O)CN2C(=O)CSc3ccccc32)cc1OC. The van der Waals surface area contributed by atoms with Crippen LogP contribution in [0.1, 0.15) is 0 Å². The average molecular weight is 416 g/mol. The third-order valence-electron chi connectivity index (χ3n) is 4.13. The Morgan fingerprint density at radius 1 is 1.10 bits per heavy atom. The van der Waals surface area contributed by atoms with Crippen LogP contribution in [0.25, 0.3) is 0 Å². The molecule has 1 heterocycles. The summed E-state index contributed by atoms with van der Waals surface area (Å²) >= 11 is 1.43. The largest absolute Gasteiger partial charge is 0.493 e. The molecule has 3 rings (SSSR count). The molecule has 1 aliphatic heterocycles. The monoisotopic (exact) mass is 416 g/mol. The molecule has 2 amide bonds. The first kappa shape index (κ1) is 20.5. The minimum atomic E-state index is -0.664. The third kappa shape index (κ3) is 5.00. The Morgan fingerprint density at radius 2 is 1.86 bits per heavy atom. The molecule has 152 valence electrons. The van der Waals surface area contributed by atoms with Crippen molar-refractivity contribution in [1.29, 1.82) is 0 Å². The number of para-hydroxylation sites is 1. The van der Waals surface area contributed by atoms with Crippen LogP contribution in [-0.4, -0.2) is 50.9 Å². The summed E-state index contributed by atoms with van der Waals surface area (Å²) in [6.45, 7) is -0.717. The van der Waals surface area contributed by atoms with E-state index in [1.54, 1.807) is 30.3 Å². The van der Waals surface area contributed by atoms with Crippen LogP contribution in [0, 0.1) is 0 Å². The van der Waals surface area contributed by atoms with Gasteiger partial charge in [-0.15, -0.1) is 11.8 Å². The summed E-state index contributed by atoms with van der Waals surface area (Å²) in [5.74, 6) is -0.108. The van der Waals surface area contributed by atoms with Crippen LogP contribution in [0.4, 0.5) is 11.4 Å². The van der Waals surface area contributed by atoms with Crippen LogP contribution in [0.15, 0.2) is 47.4 Å². The Balaban J connectivity index is 1.54. The lowest BCUT2D eigenvalue weighted by molar-refractivity contribution is -0.146. The number of ether oxygens (including phenoxy) is 3. The van der Waals surface area contributed by atoms with Crippen LogP contribution in [0.2, 0.25) is 0 Å². The highest BCUT2D eigenvalue weighted by Crippen LogP contribution is 2.34. The Bertz CT molecular complexity index is 933. The summed E-state index contributed by atoms with van der Waals surface area (Å²) in [7, 11) is 3.00. The number of thioether (sulfide) groups is 1. The van der Waals surface area contributed by atoms with E-state index >= 15 is 0 Å². The molecule has 0 atom stereocenters. The molecule has 0 saturated heterocycles. The molecule has 0 fully saturated rings. The first-order valence-electron chi connectivity index (χ1n) is 8.71. The molecule has 0 spiro atoms. The predicted octanol–water partition coefficient (Wildman–Crippen LogP) is 2.32. The average Bonchev–Trinajstić information content (AvgIpc) is 2.74. The molecule has 2 aromatic rings. The molecule has 0 saturated carbocycles. The quantitative estimate of drug-likeness (QED) is 0.692. The van der Waals surface area contributed by atoms with Crippen molar-refractivity contribution in [3.8, 4) is 11.5 Å². The van der Waals surface area contributed by atoms with E-state index in [9.17, 15) is 14.4 Å². The lowest BCUT2D eigenvalue weighted by Gasteiger charge is -2.27. The fraction of sp³-hybridized carbons (Fsp3) is 0.250. The van der Waals surface area contributed by atoms with Crippen molar-refractivity contribution in [2.75, 3.05) is 43.3 Å². The van der Waals surface area contributed by atoms with Crippen LogP contribution >= 0.6 is 11.8 Å². The van der Waals surface area contributed by atoms with E-state index in [-0.39, 0.29) is 18.2 Å². The van der Waals surface area contributed by atoms with Gasteiger partial charge in [-0.25, -0.2) is 0 Å². The van der Waals surface area contributed by atoms with Gasteiger partial charge in [0.05, 0.1) is 25.7 Å². The molecular formula is C20H20N2O6S. The Morgan fingerprint density at radius 3 is 2.62 bits per heavy atom. The van der Waals surface area contributed by atoms with Gasteiger partial charge in [0.2, 0.25) is 5.91 Å². The van der Waals surface area contributed by atoms with Crippen molar-refractivity contribution in [3.63, 3.8) is 0 Å². The standard InChI is InChI=1S/C20H20N2O6S/c1-26-15-8-7-13(9-16(15)27-2)21-18(23)11-28-20(25)10-22-14-5-3-4-6-17(14)29-12-19(22)24/h3-9H,10-12H2,1-2H3,(H,21,23). The molecule has 8 nitrogen and oxygen atoms in total. The molecule has 9 heteroatoms. The predicted molar refractivity (Wildman–Crippen MR) is 109 cm³/mol. The molecular weight excluding hydrogens is 396 g/mol. The van der Waals surface area contributed by atoms with Crippen molar-refractivity contribution in [3.05, 3.63) is 42.5 Å². The van der Waals surface area contributed by atoms with Gasteiger partial charge in [0.25, 0.3) is 5.91 Å². The second-order valence-corrected chi connectivity index (χ2v) is 7.03. The van der Waals surface area contributed by atoms with Gasteiger partial charge >= 0.3 is 5.97 Å². The van der Waals surface area contributed by atoms with Gasteiger partial charge in [0.15, 0.2) is 18.1 Å². The van der Waals surface area contributed by atoms with Crippen LogP contribution in [-0.2, 0) is 19.1 Å². The van der Waals surface area contributed by atoms with Gasteiger partial charge in [-0.2, -0.15) is 0 Å². The maximum atomic E-state index is 12.2. The maximum Gasteiger partial charge on any atom is 0.326 e. The number of hydrogen-bond acceptors (Lipinski definition) is 7. The molecule has 0 aliphatic carbocycles. The molecule has 0 aromatic heterocycles. The van der Waals surface area contributed by atoms with E-state index in [0.29, 0.717) is 22.9 Å². The number of rotatable bonds is 7. The highest BCUT2D eigenvalue weighted by molar-refractivity contribution is 8.00. The first-order valence-corrected chi connectivity index (χ1v) is 9.70. The zero-order valence-electron chi connectivity index (χ0n) is 16.0. The number of carbonyl (C=O) groups is 3. The number of carbonyl (C=O) groups excluding carboxylic acids is 3. The number of nitrogens with zero attached hydrogens (tertiary/aromatic N) is 1. The Hall–Kier alpha value is -3.20. The zero-order valence-corrected chi connectivity index (χ0v) is 16.8. The summed E-state index contributed by atoms with van der Waals surface area (Å²) < 4.78 is 15.4. The summed E-state index contributed by atoms with van der Waals surface area (Å²) in [5, 5.41) is 2.62. The molecule has 0 radical (unpaired) electrons. The number of fused-ring (bicyclic) bond motifs is 1. The summed E-state index contributed by atoms with van der Waals surface area (Å²) in [6, 6.07) is 12.2. The van der Waals surface area contributed by atoms with Gasteiger partial charge in [0.1, 0.15) is 6.54 Å². The number of nitrogens with one attached hydrogen (secondary N) is 1. The minimum Gasteiger partial charge on any atom is -0.493 e. The van der Waals surface area contributed by atoms with Crippen LogP contribution < -0.4 is 19.7 Å². The second-order valence-electron chi connectivity index (χ2n) is 6.01. The fourth-order valence-electron chi connectivity index (χ4n) is 2.76. The Kier molecular flexibility index (Phi) is 6.61. The number of amides is 2. The summed E-state index contributed by atoms with van der Waals surface area (Å²) in [5.41, 5.74) is 1.14. The molecule has 29 heavy (non-hydrogen) atoms. The fourth-order valence-corrected chi connectivity index (χ4v) is 3.69. The molecule has 0 bridgehead atoms. The molecule has 2 aromatic carbocycles. The van der Waals surface area contributed by atoms with Crippen molar-refractivity contribution in [1.82, 2.24) is 0 Å². The van der Waals surface area contributed by atoms with Gasteiger partial charge in [-0.1, -0.05) is 12.1 Å². The van der Waals surface area contributed by atoms with Crippen LogP contribution in [0.5, 0.6) is 11.5 Å². The number of esters is 1. The molecule has 1 N–H and O–H groups in total. The normalized spacial score (nSPS) is 12.8. The Labute approximate surface area is 172 Å². The third-order valence-corrected chi connectivity index (χ3v) is 5.17. The van der Waals surface area contributed by atoms with Crippen molar-refractivity contribution >= 4 is 40.9 Å². The number of benzene rings is 2.